The highest BCUT2D eigenvalue weighted by molar-refractivity contribution is 6.23. The molecule has 0 aliphatic heterocycles. The summed E-state index contributed by atoms with van der Waals surface area (Å²) < 4.78 is 6.91. The van der Waals surface area contributed by atoms with Crippen molar-refractivity contribution in [1.82, 2.24) is 0 Å². The van der Waals surface area contributed by atoms with Crippen LogP contribution in [0.5, 0.6) is 0 Å². The third-order valence-corrected chi connectivity index (χ3v) is 13.0. The van der Waals surface area contributed by atoms with Crippen LogP contribution in [0.3, 0.4) is 0 Å². The minimum absolute atomic E-state index is 0.404. The molecule has 0 unspecified atom stereocenters. The normalized spacial score (nSPS) is 13.2. The summed E-state index contributed by atoms with van der Waals surface area (Å²) in [6.45, 7) is 0. The molecule has 2 aliphatic carbocycles. The van der Waals surface area contributed by atoms with E-state index in [4.69, 9.17) is 4.42 Å². The average molecular weight is 750 g/mol. The van der Waals surface area contributed by atoms with Crippen molar-refractivity contribution in [2.45, 2.75) is 5.41 Å². The van der Waals surface area contributed by atoms with Crippen molar-refractivity contribution >= 4 is 60.5 Å². The summed E-state index contributed by atoms with van der Waals surface area (Å²) in [5.74, 6) is 0. The first-order valence-electron chi connectivity index (χ1n) is 20.4. The molecule has 0 radical (unpaired) electrons. The van der Waals surface area contributed by atoms with E-state index in [1.54, 1.807) is 0 Å². The first kappa shape index (κ1) is 32.4. The summed E-state index contributed by atoms with van der Waals surface area (Å²) in [5, 5.41) is 7.10. The lowest BCUT2D eigenvalue weighted by molar-refractivity contribution is 0.669. The summed E-state index contributed by atoms with van der Waals surface area (Å²) in [6.07, 6.45) is 0. The van der Waals surface area contributed by atoms with Gasteiger partial charge in [0, 0.05) is 22.1 Å². The number of fused-ring (bicyclic) bond motifs is 16. The Labute approximate surface area is 341 Å². The van der Waals surface area contributed by atoms with Gasteiger partial charge in [-0.3, -0.25) is 0 Å². The molecule has 1 spiro atoms. The van der Waals surface area contributed by atoms with Crippen molar-refractivity contribution in [1.29, 1.82) is 0 Å². The topological polar surface area (TPSA) is 16.4 Å². The van der Waals surface area contributed by atoms with Crippen LogP contribution >= 0.6 is 0 Å². The van der Waals surface area contributed by atoms with Crippen LogP contribution in [0.25, 0.3) is 76.9 Å². The Morgan fingerprint density at radius 1 is 0.356 bits per heavy atom. The zero-order chi connectivity index (χ0) is 38.7. The Morgan fingerprint density at radius 2 is 0.898 bits per heavy atom. The fourth-order valence-electron chi connectivity index (χ4n) is 10.5. The quantitative estimate of drug-likeness (QED) is 0.178. The SMILES string of the molecule is c1ccc2c(c1)-c1ccccc1C21c2ccccc2-c2cc(N(c3ccc(-c4ccc5ccccc5c4)cc3)c3cc4ccccc4c4c3oc3ccccc34)ccc21. The second-order valence-corrected chi connectivity index (χ2v) is 16.0. The molecular weight excluding hydrogens is 715 g/mol. The van der Waals surface area contributed by atoms with E-state index >= 15 is 0 Å². The van der Waals surface area contributed by atoms with Crippen LogP contribution in [-0.4, -0.2) is 0 Å². The van der Waals surface area contributed by atoms with E-state index in [2.05, 4.69) is 217 Å². The highest BCUT2D eigenvalue weighted by Gasteiger charge is 2.51. The number of para-hydroxylation sites is 1. The molecule has 1 heterocycles. The van der Waals surface area contributed by atoms with Gasteiger partial charge in [0.15, 0.2) is 5.58 Å². The van der Waals surface area contributed by atoms with Gasteiger partial charge in [-0.25, -0.2) is 0 Å². The smallest absolute Gasteiger partial charge is 0.160 e. The van der Waals surface area contributed by atoms with Gasteiger partial charge in [-0.05, 0) is 120 Å². The third kappa shape index (κ3) is 4.46. The standard InChI is InChI=1S/C57H35NO/c1-2-14-38-33-39(26-25-36(38)13-1)37-27-29-41(30-28-37)58(53-34-40-15-3-4-16-43(40)55-47-20-8-12-24-54(47)59-56(53)55)42-31-32-52-48(35-42)46-19-7-11-23-51(46)57(52)49-21-9-5-17-44(49)45-18-6-10-22-50(45)57/h1-35H. The second-order valence-electron chi connectivity index (χ2n) is 16.0. The number of anilines is 3. The first-order chi connectivity index (χ1) is 29.3. The number of furan rings is 1. The van der Waals surface area contributed by atoms with E-state index in [0.717, 1.165) is 39.0 Å². The highest BCUT2D eigenvalue weighted by Crippen LogP contribution is 2.63. The average Bonchev–Trinajstić information content (AvgIpc) is 3.94. The highest BCUT2D eigenvalue weighted by atomic mass is 16.3. The molecular formula is C57H35NO. The molecule has 0 saturated carbocycles. The Morgan fingerprint density at radius 3 is 1.63 bits per heavy atom. The first-order valence-corrected chi connectivity index (χ1v) is 20.4. The maximum Gasteiger partial charge on any atom is 0.160 e. The van der Waals surface area contributed by atoms with Crippen LogP contribution in [0.4, 0.5) is 17.1 Å². The predicted octanol–water partition coefficient (Wildman–Crippen LogP) is 15.4. The number of rotatable bonds is 4. The lowest BCUT2D eigenvalue weighted by Crippen LogP contribution is -2.25. The van der Waals surface area contributed by atoms with Gasteiger partial charge < -0.3 is 9.32 Å². The molecule has 0 bridgehead atoms. The predicted molar refractivity (Wildman–Crippen MR) is 245 cm³/mol. The number of benzene rings is 10. The molecule has 13 rings (SSSR count). The molecule has 2 nitrogen and oxygen atoms in total. The van der Waals surface area contributed by atoms with E-state index in [0.29, 0.717) is 0 Å². The molecule has 274 valence electrons. The minimum Gasteiger partial charge on any atom is -0.454 e. The molecule has 0 saturated heterocycles. The van der Waals surface area contributed by atoms with Crippen molar-refractivity contribution in [3.05, 3.63) is 235 Å². The van der Waals surface area contributed by atoms with E-state index in [-0.39, 0.29) is 0 Å². The Balaban J connectivity index is 1.07. The molecule has 0 fully saturated rings. The zero-order valence-corrected chi connectivity index (χ0v) is 32.1. The largest absolute Gasteiger partial charge is 0.454 e. The van der Waals surface area contributed by atoms with Crippen LogP contribution in [0, 0.1) is 0 Å². The maximum absolute atomic E-state index is 6.91. The van der Waals surface area contributed by atoms with Crippen LogP contribution in [-0.2, 0) is 5.41 Å². The molecule has 59 heavy (non-hydrogen) atoms. The molecule has 1 aromatic heterocycles. The van der Waals surface area contributed by atoms with Gasteiger partial charge in [-0.15, -0.1) is 0 Å². The Bertz CT molecular complexity index is 3470. The summed E-state index contributed by atoms with van der Waals surface area (Å²) in [7, 11) is 0. The van der Waals surface area contributed by atoms with Crippen molar-refractivity contribution in [2.24, 2.45) is 0 Å². The van der Waals surface area contributed by atoms with Crippen LogP contribution in [0.15, 0.2) is 217 Å². The van der Waals surface area contributed by atoms with E-state index in [9.17, 15) is 0 Å². The fourth-order valence-corrected chi connectivity index (χ4v) is 10.5. The van der Waals surface area contributed by atoms with Gasteiger partial charge in [0.2, 0.25) is 0 Å². The molecule has 0 amide bonds. The van der Waals surface area contributed by atoms with E-state index in [1.165, 1.54) is 77.2 Å². The fraction of sp³-hybridized carbons (Fsp3) is 0.0175. The van der Waals surface area contributed by atoms with Gasteiger partial charge in [-0.2, -0.15) is 0 Å². The van der Waals surface area contributed by atoms with Crippen molar-refractivity contribution in [3.63, 3.8) is 0 Å². The van der Waals surface area contributed by atoms with E-state index < -0.39 is 5.41 Å². The number of hydrogen-bond donors (Lipinski definition) is 0. The molecule has 0 N–H and O–H groups in total. The summed E-state index contributed by atoms with van der Waals surface area (Å²) >= 11 is 0. The summed E-state index contributed by atoms with van der Waals surface area (Å²) in [4.78, 5) is 2.41. The zero-order valence-electron chi connectivity index (χ0n) is 32.1. The van der Waals surface area contributed by atoms with Crippen LogP contribution in [0.1, 0.15) is 22.3 Å². The van der Waals surface area contributed by atoms with Gasteiger partial charge in [0.1, 0.15) is 5.58 Å². The Kier molecular flexibility index (Phi) is 6.68. The molecule has 0 atom stereocenters. The van der Waals surface area contributed by atoms with Crippen molar-refractivity contribution in [3.8, 4) is 33.4 Å². The molecule has 10 aromatic carbocycles. The number of nitrogens with zero attached hydrogens (tertiary/aromatic N) is 1. The lowest BCUT2D eigenvalue weighted by Gasteiger charge is -2.31. The molecule has 2 heteroatoms. The summed E-state index contributed by atoms with van der Waals surface area (Å²) in [5.41, 5.74) is 17.4. The second kappa shape index (κ2) is 12.2. The molecule has 11 aromatic rings. The monoisotopic (exact) mass is 749 g/mol. The van der Waals surface area contributed by atoms with Gasteiger partial charge in [-0.1, -0.05) is 170 Å². The van der Waals surface area contributed by atoms with Gasteiger partial charge in [0.25, 0.3) is 0 Å². The lowest BCUT2D eigenvalue weighted by atomic mass is 9.70. The van der Waals surface area contributed by atoms with E-state index in [1.807, 2.05) is 0 Å². The van der Waals surface area contributed by atoms with Crippen LogP contribution < -0.4 is 4.90 Å². The maximum atomic E-state index is 6.91. The number of hydrogen-bond acceptors (Lipinski definition) is 2. The Hall–Kier alpha value is -7.68. The third-order valence-electron chi connectivity index (χ3n) is 13.0. The van der Waals surface area contributed by atoms with Gasteiger partial charge >= 0.3 is 0 Å². The van der Waals surface area contributed by atoms with Crippen molar-refractivity contribution < 1.29 is 4.42 Å². The van der Waals surface area contributed by atoms with Crippen LogP contribution in [0.2, 0.25) is 0 Å². The van der Waals surface area contributed by atoms with Gasteiger partial charge in [0.05, 0.1) is 11.1 Å². The minimum atomic E-state index is -0.404. The summed E-state index contributed by atoms with van der Waals surface area (Å²) in [6, 6.07) is 78.0. The molecule has 2 aliphatic rings. The van der Waals surface area contributed by atoms with Crippen molar-refractivity contribution in [2.75, 3.05) is 4.90 Å².